The summed E-state index contributed by atoms with van der Waals surface area (Å²) in [5.41, 5.74) is 2.38. The first-order chi connectivity index (χ1) is 10.1. The molecule has 0 aliphatic rings. The summed E-state index contributed by atoms with van der Waals surface area (Å²) in [6.07, 6.45) is 5.26. The van der Waals surface area contributed by atoms with E-state index < -0.39 is 0 Å². The van der Waals surface area contributed by atoms with Gasteiger partial charge >= 0.3 is 0 Å². The van der Waals surface area contributed by atoms with Crippen LogP contribution in [0.1, 0.15) is 37.8 Å². The van der Waals surface area contributed by atoms with Gasteiger partial charge in [-0.2, -0.15) is 0 Å². The van der Waals surface area contributed by atoms with E-state index in [1.807, 2.05) is 24.5 Å². The highest BCUT2D eigenvalue weighted by molar-refractivity contribution is 5.60. The van der Waals surface area contributed by atoms with Gasteiger partial charge in [-0.3, -0.25) is 4.98 Å². The van der Waals surface area contributed by atoms with Crippen LogP contribution in [0.25, 0.3) is 0 Å². The van der Waals surface area contributed by atoms with E-state index in [2.05, 4.69) is 53.0 Å². The minimum absolute atomic E-state index is 0.357. The topological polar surface area (TPSA) is 53.9 Å². The Morgan fingerprint density at radius 2 is 1.90 bits per heavy atom. The molecule has 0 saturated heterocycles. The summed E-state index contributed by atoms with van der Waals surface area (Å²) < 4.78 is 0. The Morgan fingerprint density at radius 3 is 2.52 bits per heavy atom. The molecular formula is C16H23N5. The summed E-state index contributed by atoms with van der Waals surface area (Å²) >= 11 is 0. The maximum atomic E-state index is 4.50. The lowest BCUT2D eigenvalue weighted by Gasteiger charge is -2.24. The van der Waals surface area contributed by atoms with Crippen LogP contribution >= 0.6 is 0 Å². The first-order valence-corrected chi connectivity index (χ1v) is 7.32. The van der Waals surface area contributed by atoms with Gasteiger partial charge in [-0.15, -0.1) is 0 Å². The van der Waals surface area contributed by atoms with E-state index in [1.54, 1.807) is 6.33 Å². The fourth-order valence-corrected chi connectivity index (χ4v) is 2.37. The van der Waals surface area contributed by atoms with Gasteiger partial charge in [0.15, 0.2) is 0 Å². The summed E-state index contributed by atoms with van der Waals surface area (Å²) in [6.45, 7) is 8.06. The Labute approximate surface area is 126 Å². The van der Waals surface area contributed by atoms with Crippen molar-refractivity contribution in [1.29, 1.82) is 0 Å². The molecule has 0 saturated carbocycles. The minimum atomic E-state index is 0.357. The number of pyridine rings is 1. The van der Waals surface area contributed by atoms with Crippen LogP contribution in [0.4, 0.5) is 11.6 Å². The van der Waals surface area contributed by atoms with E-state index in [0.717, 1.165) is 30.3 Å². The molecule has 0 bridgehead atoms. The molecule has 0 radical (unpaired) electrons. The number of anilines is 2. The number of hydrogen-bond donors (Lipinski definition) is 1. The molecule has 5 heteroatoms. The zero-order valence-corrected chi connectivity index (χ0v) is 13.2. The van der Waals surface area contributed by atoms with Crippen LogP contribution < -0.4 is 10.2 Å². The Kier molecular flexibility index (Phi) is 5.09. The van der Waals surface area contributed by atoms with Crippen molar-refractivity contribution in [1.82, 2.24) is 15.0 Å². The molecule has 2 aromatic rings. The molecule has 5 nitrogen and oxygen atoms in total. The maximum absolute atomic E-state index is 4.50. The van der Waals surface area contributed by atoms with Crippen LogP contribution in [-0.4, -0.2) is 28.5 Å². The molecule has 0 unspecified atom stereocenters. The summed E-state index contributed by atoms with van der Waals surface area (Å²) in [7, 11) is 2.06. The van der Waals surface area contributed by atoms with Gasteiger partial charge in [-0.05, 0) is 30.5 Å². The van der Waals surface area contributed by atoms with Gasteiger partial charge in [0.1, 0.15) is 18.0 Å². The monoisotopic (exact) mass is 285 g/mol. The van der Waals surface area contributed by atoms with Crippen LogP contribution in [0.5, 0.6) is 0 Å². The van der Waals surface area contributed by atoms with Gasteiger partial charge in [-0.1, -0.05) is 13.8 Å². The zero-order chi connectivity index (χ0) is 15.2. The molecule has 21 heavy (non-hydrogen) atoms. The van der Waals surface area contributed by atoms with Crippen molar-refractivity contribution in [2.45, 2.75) is 33.2 Å². The molecule has 0 spiro atoms. The SMILES string of the molecule is CCNc1ncnc(N(C)Cc2ccncc2)c1C(C)C. The Balaban J connectivity index is 2.31. The summed E-state index contributed by atoms with van der Waals surface area (Å²) in [5, 5.41) is 3.33. The molecule has 0 aliphatic heterocycles. The molecule has 2 heterocycles. The van der Waals surface area contributed by atoms with E-state index in [9.17, 15) is 0 Å². The maximum Gasteiger partial charge on any atom is 0.137 e. The highest BCUT2D eigenvalue weighted by atomic mass is 15.2. The van der Waals surface area contributed by atoms with Gasteiger partial charge in [-0.25, -0.2) is 9.97 Å². The van der Waals surface area contributed by atoms with Crippen molar-refractivity contribution in [2.75, 3.05) is 23.8 Å². The van der Waals surface area contributed by atoms with E-state index in [-0.39, 0.29) is 0 Å². The molecule has 0 aliphatic carbocycles. The Morgan fingerprint density at radius 1 is 1.19 bits per heavy atom. The van der Waals surface area contributed by atoms with Crippen LogP contribution in [-0.2, 0) is 6.54 Å². The van der Waals surface area contributed by atoms with Crippen molar-refractivity contribution in [3.05, 3.63) is 42.0 Å². The largest absolute Gasteiger partial charge is 0.370 e. The third-order valence-corrected chi connectivity index (χ3v) is 3.32. The van der Waals surface area contributed by atoms with Crippen LogP contribution in [0, 0.1) is 0 Å². The quantitative estimate of drug-likeness (QED) is 0.884. The number of rotatable bonds is 6. The highest BCUT2D eigenvalue weighted by Crippen LogP contribution is 2.30. The first kappa shape index (κ1) is 15.2. The predicted molar refractivity (Wildman–Crippen MR) is 86.6 cm³/mol. The molecular weight excluding hydrogens is 262 g/mol. The average molecular weight is 285 g/mol. The van der Waals surface area contributed by atoms with Crippen molar-refractivity contribution in [3.8, 4) is 0 Å². The fourth-order valence-electron chi connectivity index (χ4n) is 2.37. The molecule has 0 fully saturated rings. The summed E-state index contributed by atoms with van der Waals surface area (Å²) in [6, 6.07) is 4.05. The second-order valence-electron chi connectivity index (χ2n) is 5.36. The molecule has 1 N–H and O–H groups in total. The number of nitrogens with one attached hydrogen (secondary N) is 1. The zero-order valence-electron chi connectivity index (χ0n) is 13.2. The van der Waals surface area contributed by atoms with E-state index in [1.165, 1.54) is 5.56 Å². The van der Waals surface area contributed by atoms with E-state index in [0.29, 0.717) is 5.92 Å². The lowest BCUT2D eigenvalue weighted by atomic mass is 10.0. The smallest absolute Gasteiger partial charge is 0.137 e. The predicted octanol–water partition coefficient (Wildman–Crippen LogP) is 3.06. The van der Waals surface area contributed by atoms with E-state index >= 15 is 0 Å². The average Bonchev–Trinajstić information content (AvgIpc) is 2.48. The highest BCUT2D eigenvalue weighted by Gasteiger charge is 2.17. The van der Waals surface area contributed by atoms with Crippen molar-refractivity contribution < 1.29 is 0 Å². The van der Waals surface area contributed by atoms with Crippen LogP contribution in [0.15, 0.2) is 30.9 Å². The normalized spacial score (nSPS) is 10.7. The van der Waals surface area contributed by atoms with Crippen LogP contribution in [0.2, 0.25) is 0 Å². The first-order valence-electron chi connectivity index (χ1n) is 7.32. The van der Waals surface area contributed by atoms with Gasteiger partial charge in [0.05, 0.1) is 0 Å². The van der Waals surface area contributed by atoms with Crippen molar-refractivity contribution in [3.63, 3.8) is 0 Å². The molecule has 0 atom stereocenters. The van der Waals surface area contributed by atoms with Crippen LogP contribution in [0.3, 0.4) is 0 Å². The van der Waals surface area contributed by atoms with Gasteiger partial charge in [0.25, 0.3) is 0 Å². The third kappa shape index (κ3) is 3.68. The van der Waals surface area contributed by atoms with Gasteiger partial charge < -0.3 is 10.2 Å². The molecule has 112 valence electrons. The minimum Gasteiger partial charge on any atom is -0.370 e. The van der Waals surface area contributed by atoms with Crippen molar-refractivity contribution >= 4 is 11.6 Å². The Bertz CT molecular complexity index is 568. The second kappa shape index (κ2) is 7.02. The number of hydrogen-bond acceptors (Lipinski definition) is 5. The van der Waals surface area contributed by atoms with E-state index in [4.69, 9.17) is 0 Å². The standard InChI is InChI=1S/C16H23N5/c1-5-18-15-14(12(2)3)16(20-11-19-15)21(4)10-13-6-8-17-9-7-13/h6-9,11-12H,5,10H2,1-4H3,(H,18,19,20). The van der Waals surface area contributed by atoms with Gasteiger partial charge in [0, 0.05) is 38.1 Å². The number of aromatic nitrogens is 3. The molecule has 0 amide bonds. The molecule has 2 aromatic heterocycles. The van der Waals surface area contributed by atoms with Gasteiger partial charge in [0.2, 0.25) is 0 Å². The lowest BCUT2D eigenvalue weighted by Crippen LogP contribution is -2.21. The summed E-state index contributed by atoms with van der Waals surface area (Å²) in [4.78, 5) is 15.1. The lowest BCUT2D eigenvalue weighted by molar-refractivity contribution is 0.808. The molecule has 0 aromatic carbocycles. The summed E-state index contributed by atoms with van der Waals surface area (Å²) in [5.74, 6) is 2.27. The Hall–Kier alpha value is -2.17. The third-order valence-electron chi connectivity index (χ3n) is 3.32. The number of nitrogens with zero attached hydrogens (tertiary/aromatic N) is 4. The van der Waals surface area contributed by atoms with Crippen molar-refractivity contribution in [2.24, 2.45) is 0 Å². The fraction of sp³-hybridized carbons (Fsp3) is 0.438. The second-order valence-corrected chi connectivity index (χ2v) is 5.36. The molecule has 2 rings (SSSR count).